The fraction of sp³-hybridized carbons (Fsp3) is 0.393. The molecule has 0 radical (unpaired) electrons. The van der Waals surface area contributed by atoms with Crippen LogP contribution in [0.1, 0.15) is 41.3 Å². The van der Waals surface area contributed by atoms with E-state index in [0.29, 0.717) is 11.3 Å². The number of carbonyl (C=O) groups excluding carboxylic acids is 2. The largest absolute Gasteiger partial charge is 0.371 e. The third-order valence-electron chi connectivity index (χ3n) is 7.28. The van der Waals surface area contributed by atoms with Crippen LogP contribution in [0.25, 0.3) is 10.9 Å². The monoisotopic (exact) mass is 487 g/mol. The summed E-state index contributed by atoms with van der Waals surface area (Å²) in [5.74, 6) is -0.0135. The van der Waals surface area contributed by atoms with E-state index in [4.69, 9.17) is 0 Å². The standard InChI is InChI=1S/C28H33N5O3/c1-19-15-27(35)30-25-7-6-22(17-23(19)25)29-28(36)24-16-21(5-8-26(24)33-9-3-4-10-33)18-31-11-13-32(14-12-31)20(2)34/h5-8,15-17H,3-4,9-14,18H2,1-2H3,(H,29,36)(H,30,35). The maximum atomic E-state index is 13.6. The Morgan fingerprint density at radius 2 is 1.69 bits per heavy atom. The smallest absolute Gasteiger partial charge is 0.257 e. The van der Waals surface area contributed by atoms with Crippen LogP contribution in [0.4, 0.5) is 11.4 Å². The molecule has 188 valence electrons. The summed E-state index contributed by atoms with van der Waals surface area (Å²) < 4.78 is 0. The second-order valence-electron chi connectivity index (χ2n) is 9.86. The number of aryl methyl sites for hydroxylation is 1. The molecule has 0 bridgehead atoms. The molecule has 8 nitrogen and oxygen atoms in total. The zero-order chi connectivity index (χ0) is 25.2. The third kappa shape index (κ3) is 5.14. The molecule has 0 saturated carbocycles. The normalized spacial score (nSPS) is 16.5. The molecule has 3 aromatic rings. The SMILES string of the molecule is CC(=O)N1CCN(Cc2ccc(N3CCCC3)c(C(=O)Nc3ccc4[nH]c(=O)cc(C)c4c3)c2)CC1. The lowest BCUT2D eigenvalue weighted by Gasteiger charge is -2.34. The van der Waals surface area contributed by atoms with E-state index in [9.17, 15) is 14.4 Å². The van der Waals surface area contributed by atoms with Crippen LogP contribution in [0.3, 0.4) is 0 Å². The summed E-state index contributed by atoms with van der Waals surface area (Å²) in [6.07, 6.45) is 2.26. The molecule has 2 aliphatic heterocycles. The van der Waals surface area contributed by atoms with Gasteiger partial charge in [-0.05, 0) is 61.2 Å². The van der Waals surface area contributed by atoms with Crippen LogP contribution < -0.4 is 15.8 Å². The highest BCUT2D eigenvalue weighted by Crippen LogP contribution is 2.28. The Balaban J connectivity index is 1.39. The van der Waals surface area contributed by atoms with Gasteiger partial charge in [0.1, 0.15) is 0 Å². The highest BCUT2D eigenvalue weighted by Gasteiger charge is 2.22. The minimum Gasteiger partial charge on any atom is -0.371 e. The summed E-state index contributed by atoms with van der Waals surface area (Å²) in [6, 6.07) is 13.4. The van der Waals surface area contributed by atoms with Gasteiger partial charge in [0.05, 0.1) is 5.56 Å². The number of aromatic nitrogens is 1. The van der Waals surface area contributed by atoms with E-state index in [1.165, 1.54) is 0 Å². The number of hydrogen-bond donors (Lipinski definition) is 2. The molecule has 1 aromatic heterocycles. The van der Waals surface area contributed by atoms with Crippen LogP contribution in [-0.2, 0) is 11.3 Å². The predicted molar refractivity (Wildman–Crippen MR) is 143 cm³/mol. The van der Waals surface area contributed by atoms with E-state index in [2.05, 4.69) is 32.2 Å². The van der Waals surface area contributed by atoms with E-state index in [-0.39, 0.29) is 17.4 Å². The molecule has 0 aliphatic carbocycles. The van der Waals surface area contributed by atoms with Crippen LogP contribution >= 0.6 is 0 Å². The van der Waals surface area contributed by atoms with E-state index in [1.807, 2.05) is 36.1 Å². The average molecular weight is 488 g/mol. The van der Waals surface area contributed by atoms with Gasteiger partial charge in [-0.15, -0.1) is 0 Å². The number of fused-ring (bicyclic) bond motifs is 1. The Kier molecular flexibility index (Phi) is 6.78. The molecule has 8 heteroatoms. The van der Waals surface area contributed by atoms with Crippen molar-refractivity contribution in [2.24, 2.45) is 0 Å². The lowest BCUT2D eigenvalue weighted by Crippen LogP contribution is -2.47. The number of piperazine rings is 1. The minimum absolute atomic E-state index is 0.124. The highest BCUT2D eigenvalue weighted by molar-refractivity contribution is 6.09. The Morgan fingerprint density at radius 3 is 2.42 bits per heavy atom. The first-order chi connectivity index (χ1) is 17.4. The van der Waals surface area contributed by atoms with Gasteiger partial charge in [0.15, 0.2) is 0 Å². The molecule has 0 atom stereocenters. The summed E-state index contributed by atoms with van der Waals surface area (Å²) in [5.41, 5.74) is 4.92. The number of pyridine rings is 1. The highest BCUT2D eigenvalue weighted by atomic mass is 16.2. The minimum atomic E-state index is -0.137. The van der Waals surface area contributed by atoms with Crippen LogP contribution in [0, 0.1) is 6.92 Å². The van der Waals surface area contributed by atoms with Gasteiger partial charge in [0.25, 0.3) is 5.91 Å². The van der Waals surface area contributed by atoms with Gasteiger partial charge >= 0.3 is 0 Å². The van der Waals surface area contributed by atoms with Crippen LogP contribution in [0.2, 0.25) is 0 Å². The summed E-state index contributed by atoms with van der Waals surface area (Å²) >= 11 is 0. The predicted octanol–water partition coefficient (Wildman–Crippen LogP) is 3.35. The first-order valence-electron chi connectivity index (χ1n) is 12.7. The van der Waals surface area contributed by atoms with E-state index in [0.717, 1.165) is 86.4 Å². The van der Waals surface area contributed by atoms with Gasteiger partial charge in [-0.1, -0.05) is 6.07 Å². The second kappa shape index (κ2) is 10.1. The Morgan fingerprint density at radius 1 is 0.944 bits per heavy atom. The van der Waals surface area contributed by atoms with Crippen molar-refractivity contribution in [2.75, 3.05) is 49.5 Å². The summed E-state index contributed by atoms with van der Waals surface area (Å²) in [7, 11) is 0. The third-order valence-corrected chi connectivity index (χ3v) is 7.28. The molecule has 36 heavy (non-hydrogen) atoms. The number of hydrogen-bond acceptors (Lipinski definition) is 5. The Labute approximate surface area is 210 Å². The molecule has 0 unspecified atom stereocenters. The first-order valence-corrected chi connectivity index (χ1v) is 12.7. The zero-order valence-corrected chi connectivity index (χ0v) is 21.0. The number of nitrogens with zero attached hydrogens (tertiary/aromatic N) is 3. The van der Waals surface area contributed by atoms with Crippen molar-refractivity contribution < 1.29 is 9.59 Å². The fourth-order valence-corrected chi connectivity index (χ4v) is 5.28. The Bertz CT molecular complexity index is 1350. The number of amides is 2. The van der Waals surface area contributed by atoms with E-state index < -0.39 is 0 Å². The van der Waals surface area contributed by atoms with Crippen molar-refractivity contribution in [3.8, 4) is 0 Å². The van der Waals surface area contributed by atoms with E-state index in [1.54, 1.807) is 13.0 Å². The lowest BCUT2D eigenvalue weighted by molar-refractivity contribution is -0.130. The molecule has 5 rings (SSSR count). The number of H-pyrrole nitrogens is 1. The van der Waals surface area contributed by atoms with Gasteiger partial charge < -0.3 is 20.1 Å². The fourth-order valence-electron chi connectivity index (χ4n) is 5.28. The van der Waals surface area contributed by atoms with E-state index >= 15 is 0 Å². The zero-order valence-electron chi connectivity index (χ0n) is 21.0. The average Bonchev–Trinajstić information content (AvgIpc) is 3.39. The van der Waals surface area contributed by atoms with Gasteiger partial charge in [0.2, 0.25) is 11.5 Å². The molecule has 2 amide bonds. The van der Waals surface area contributed by atoms with Crippen molar-refractivity contribution in [3.05, 3.63) is 69.5 Å². The molecule has 2 aromatic carbocycles. The Hall–Kier alpha value is -3.65. The second-order valence-corrected chi connectivity index (χ2v) is 9.86. The molecular formula is C28H33N5O3. The number of aromatic amines is 1. The maximum absolute atomic E-state index is 13.6. The molecule has 2 N–H and O–H groups in total. The summed E-state index contributed by atoms with van der Waals surface area (Å²) in [6.45, 7) is 9.30. The summed E-state index contributed by atoms with van der Waals surface area (Å²) in [5, 5.41) is 4.00. The number of nitrogens with one attached hydrogen (secondary N) is 2. The molecule has 3 heterocycles. The number of benzene rings is 2. The van der Waals surface area contributed by atoms with Crippen molar-refractivity contribution in [1.29, 1.82) is 0 Å². The lowest BCUT2D eigenvalue weighted by atomic mass is 10.0. The van der Waals surface area contributed by atoms with Crippen LogP contribution in [0.15, 0.2) is 47.3 Å². The van der Waals surface area contributed by atoms with Crippen LogP contribution in [0.5, 0.6) is 0 Å². The van der Waals surface area contributed by atoms with Crippen molar-refractivity contribution in [3.63, 3.8) is 0 Å². The summed E-state index contributed by atoms with van der Waals surface area (Å²) in [4.78, 5) is 46.4. The quantitative estimate of drug-likeness (QED) is 0.576. The van der Waals surface area contributed by atoms with Gasteiger partial charge in [-0.3, -0.25) is 19.3 Å². The molecular weight excluding hydrogens is 454 g/mol. The number of anilines is 2. The van der Waals surface area contributed by atoms with Crippen molar-refractivity contribution in [1.82, 2.24) is 14.8 Å². The topological polar surface area (TPSA) is 88.8 Å². The van der Waals surface area contributed by atoms with Gasteiger partial charge in [0, 0.05) is 81.1 Å². The number of rotatable bonds is 5. The maximum Gasteiger partial charge on any atom is 0.257 e. The molecule has 2 aliphatic rings. The number of carbonyl (C=O) groups is 2. The molecule has 2 fully saturated rings. The van der Waals surface area contributed by atoms with Crippen molar-refractivity contribution in [2.45, 2.75) is 33.2 Å². The first kappa shape index (κ1) is 24.1. The molecule has 2 saturated heterocycles. The van der Waals surface area contributed by atoms with Gasteiger partial charge in [-0.25, -0.2) is 0 Å². The van der Waals surface area contributed by atoms with Gasteiger partial charge in [-0.2, -0.15) is 0 Å². The molecule has 0 spiro atoms. The van der Waals surface area contributed by atoms with Crippen molar-refractivity contribution >= 4 is 34.1 Å². The van der Waals surface area contributed by atoms with Crippen LogP contribution in [-0.4, -0.2) is 65.9 Å².